The molecule has 2 fully saturated rings. The Labute approximate surface area is 127 Å². The summed E-state index contributed by atoms with van der Waals surface area (Å²) in [5.41, 5.74) is -0.715. The van der Waals surface area contributed by atoms with E-state index in [0.29, 0.717) is 31.8 Å². The van der Waals surface area contributed by atoms with Gasteiger partial charge >= 0.3 is 12.0 Å². The average molecular weight is 296 g/mol. The first kappa shape index (κ1) is 16.1. The Morgan fingerprint density at radius 2 is 1.95 bits per heavy atom. The number of carboxylic acid groups (broad SMARTS) is 1. The second-order valence-corrected chi connectivity index (χ2v) is 6.68. The molecular weight excluding hydrogens is 268 g/mol. The molecule has 0 aromatic carbocycles. The number of hydrogen-bond donors (Lipinski definition) is 1. The highest BCUT2D eigenvalue weighted by Gasteiger charge is 2.46. The van der Waals surface area contributed by atoms with E-state index >= 15 is 0 Å². The van der Waals surface area contributed by atoms with Crippen LogP contribution in [0, 0.1) is 11.3 Å². The molecule has 2 rings (SSSR count). The lowest BCUT2D eigenvalue weighted by molar-refractivity contribution is -0.148. The molecule has 2 aliphatic heterocycles. The number of amides is 2. The molecule has 2 unspecified atom stereocenters. The Bertz CT molecular complexity index is 399. The standard InChI is InChI=1S/C16H28N2O3/c1-3-5-13-6-9-17(11-13)15(21)18-10-8-16(12-18,7-4-2)14(19)20/h13H,3-12H2,1-2H3,(H,19,20). The van der Waals surface area contributed by atoms with E-state index in [9.17, 15) is 14.7 Å². The lowest BCUT2D eigenvalue weighted by Crippen LogP contribution is -2.43. The third kappa shape index (κ3) is 3.33. The molecule has 0 aromatic heterocycles. The van der Waals surface area contributed by atoms with Gasteiger partial charge in [-0.3, -0.25) is 4.79 Å². The molecule has 0 radical (unpaired) electrons. The molecule has 5 nitrogen and oxygen atoms in total. The van der Waals surface area contributed by atoms with Crippen LogP contribution in [0.1, 0.15) is 52.4 Å². The van der Waals surface area contributed by atoms with Gasteiger partial charge in [-0.1, -0.05) is 26.7 Å². The summed E-state index contributed by atoms with van der Waals surface area (Å²) >= 11 is 0. The van der Waals surface area contributed by atoms with Gasteiger partial charge in [-0.25, -0.2) is 4.79 Å². The fraction of sp³-hybridized carbons (Fsp3) is 0.875. The molecule has 2 atom stereocenters. The molecular formula is C16H28N2O3. The van der Waals surface area contributed by atoms with Crippen molar-refractivity contribution in [2.75, 3.05) is 26.2 Å². The Kier molecular flexibility index (Phi) is 5.12. The van der Waals surface area contributed by atoms with Gasteiger partial charge in [0.1, 0.15) is 0 Å². The lowest BCUT2D eigenvalue weighted by Gasteiger charge is -2.27. The molecule has 0 aromatic rings. The third-order valence-corrected chi connectivity index (χ3v) is 5.06. The summed E-state index contributed by atoms with van der Waals surface area (Å²) in [6.45, 7) is 6.82. The molecule has 5 heteroatoms. The van der Waals surface area contributed by atoms with Gasteiger partial charge < -0.3 is 14.9 Å². The van der Waals surface area contributed by atoms with Crippen LogP contribution < -0.4 is 0 Å². The maximum absolute atomic E-state index is 12.6. The first-order chi connectivity index (χ1) is 10.0. The number of rotatable bonds is 5. The summed E-state index contributed by atoms with van der Waals surface area (Å²) in [6, 6.07) is 0.0489. The van der Waals surface area contributed by atoms with Crippen molar-refractivity contribution in [3.63, 3.8) is 0 Å². The van der Waals surface area contributed by atoms with Crippen molar-refractivity contribution in [1.82, 2.24) is 9.80 Å². The molecule has 0 saturated carbocycles. The topological polar surface area (TPSA) is 60.9 Å². The number of aliphatic carboxylic acids is 1. The number of carbonyl (C=O) groups excluding carboxylic acids is 1. The fourth-order valence-corrected chi connectivity index (χ4v) is 3.85. The maximum atomic E-state index is 12.6. The number of hydrogen-bond acceptors (Lipinski definition) is 2. The van der Waals surface area contributed by atoms with Gasteiger partial charge in [0.05, 0.1) is 5.41 Å². The second kappa shape index (κ2) is 6.67. The Hall–Kier alpha value is -1.26. The van der Waals surface area contributed by atoms with Crippen LogP contribution in [0.2, 0.25) is 0 Å². The summed E-state index contributed by atoms with van der Waals surface area (Å²) < 4.78 is 0. The molecule has 21 heavy (non-hydrogen) atoms. The molecule has 2 saturated heterocycles. The van der Waals surface area contributed by atoms with Crippen LogP contribution in [-0.4, -0.2) is 53.1 Å². The molecule has 0 bridgehead atoms. The third-order valence-electron chi connectivity index (χ3n) is 5.06. The lowest BCUT2D eigenvalue weighted by atomic mass is 9.83. The predicted octanol–water partition coefficient (Wildman–Crippen LogP) is 2.81. The number of carbonyl (C=O) groups is 2. The number of likely N-dealkylation sites (tertiary alicyclic amines) is 2. The first-order valence-corrected chi connectivity index (χ1v) is 8.29. The minimum absolute atomic E-state index is 0.0489. The van der Waals surface area contributed by atoms with E-state index in [-0.39, 0.29) is 6.03 Å². The van der Waals surface area contributed by atoms with E-state index in [4.69, 9.17) is 0 Å². The Morgan fingerprint density at radius 1 is 1.19 bits per heavy atom. The zero-order valence-electron chi connectivity index (χ0n) is 13.3. The van der Waals surface area contributed by atoms with Crippen molar-refractivity contribution in [3.8, 4) is 0 Å². The van der Waals surface area contributed by atoms with Crippen molar-refractivity contribution in [2.45, 2.75) is 52.4 Å². The fourth-order valence-electron chi connectivity index (χ4n) is 3.85. The summed E-state index contributed by atoms with van der Waals surface area (Å²) in [5.74, 6) is -0.119. The number of urea groups is 1. The van der Waals surface area contributed by atoms with Crippen LogP contribution >= 0.6 is 0 Å². The van der Waals surface area contributed by atoms with E-state index in [2.05, 4.69) is 6.92 Å². The van der Waals surface area contributed by atoms with Crippen molar-refractivity contribution in [2.24, 2.45) is 11.3 Å². The predicted molar refractivity (Wildman–Crippen MR) is 81.2 cm³/mol. The van der Waals surface area contributed by atoms with Gasteiger partial charge in [0.2, 0.25) is 0 Å². The Morgan fingerprint density at radius 3 is 2.57 bits per heavy atom. The second-order valence-electron chi connectivity index (χ2n) is 6.68. The molecule has 0 aliphatic carbocycles. The van der Waals surface area contributed by atoms with Gasteiger partial charge in [0.15, 0.2) is 0 Å². The van der Waals surface area contributed by atoms with Gasteiger partial charge in [0.25, 0.3) is 0 Å². The van der Waals surface area contributed by atoms with Crippen LogP contribution in [0.3, 0.4) is 0 Å². The normalized spacial score (nSPS) is 29.1. The van der Waals surface area contributed by atoms with Crippen molar-refractivity contribution in [3.05, 3.63) is 0 Å². The largest absolute Gasteiger partial charge is 0.481 e. The van der Waals surface area contributed by atoms with E-state index in [1.54, 1.807) is 4.90 Å². The molecule has 2 heterocycles. The highest BCUT2D eigenvalue weighted by molar-refractivity contribution is 5.80. The van der Waals surface area contributed by atoms with Crippen molar-refractivity contribution >= 4 is 12.0 Å². The number of nitrogens with zero attached hydrogens (tertiary/aromatic N) is 2. The molecule has 1 N–H and O–H groups in total. The summed E-state index contributed by atoms with van der Waals surface area (Å²) in [4.78, 5) is 27.8. The molecule has 120 valence electrons. The van der Waals surface area contributed by atoms with Crippen LogP contribution in [0.25, 0.3) is 0 Å². The van der Waals surface area contributed by atoms with Crippen LogP contribution in [0.5, 0.6) is 0 Å². The van der Waals surface area contributed by atoms with E-state index in [1.807, 2.05) is 11.8 Å². The van der Waals surface area contributed by atoms with Crippen LogP contribution in [-0.2, 0) is 4.79 Å². The van der Waals surface area contributed by atoms with Crippen molar-refractivity contribution < 1.29 is 14.7 Å². The zero-order valence-corrected chi connectivity index (χ0v) is 13.3. The zero-order chi connectivity index (χ0) is 15.5. The maximum Gasteiger partial charge on any atom is 0.320 e. The highest BCUT2D eigenvalue weighted by atomic mass is 16.4. The van der Waals surface area contributed by atoms with Crippen LogP contribution in [0.4, 0.5) is 4.79 Å². The summed E-state index contributed by atoms with van der Waals surface area (Å²) in [7, 11) is 0. The minimum atomic E-state index is -0.745. The quantitative estimate of drug-likeness (QED) is 0.848. The van der Waals surface area contributed by atoms with E-state index < -0.39 is 11.4 Å². The first-order valence-electron chi connectivity index (χ1n) is 8.29. The van der Waals surface area contributed by atoms with Gasteiger partial charge in [-0.2, -0.15) is 0 Å². The highest BCUT2D eigenvalue weighted by Crippen LogP contribution is 2.36. The van der Waals surface area contributed by atoms with Gasteiger partial charge in [-0.05, 0) is 31.6 Å². The average Bonchev–Trinajstić information content (AvgIpc) is 3.07. The van der Waals surface area contributed by atoms with E-state index in [1.165, 1.54) is 6.42 Å². The molecule has 0 spiro atoms. The van der Waals surface area contributed by atoms with Crippen LogP contribution in [0.15, 0.2) is 0 Å². The molecule has 2 amide bonds. The van der Waals surface area contributed by atoms with Crippen molar-refractivity contribution in [1.29, 1.82) is 0 Å². The summed E-state index contributed by atoms with van der Waals surface area (Å²) in [5, 5.41) is 9.52. The monoisotopic (exact) mass is 296 g/mol. The summed E-state index contributed by atoms with van der Waals surface area (Å²) in [6.07, 6.45) is 5.52. The number of carboxylic acids is 1. The van der Waals surface area contributed by atoms with Gasteiger partial charge in [-0.15, -0.1) is 0 Å². The van der Waals surface area contributed by atoms with E-state index in [0.717, 1.165) is 32.4 Å². The Balaban J connectivity index is 1.94. The SMILES string of the molecule is CCCC1CCN(C(=O)N2CCC(CCC)(C(=O)O)C2)C1. The van der Waals surface area contributed by atoms with Gasteiger partial charge in [0, 0.05) is 26.2 Å². The minimum Gasteiger partial charge on any atom is -0.481 e. The molecule has 2 aliphatic rings. The smallest absolute Gasteiger partial charge is 0.320 e.